The molecule has 0 radical (unpaired) electrons. The van der Waals surface area contributed by atoms with E-state index in [2.05, 4.69) is 0 Å². The fourth-order valence-corrected chi connectivity index (χ4v) is 2.62. The van der Waals surface area contributed by atoms with Crippen molar-refractivity contribution in [2.75, 3.05) is 6.61 Å². The first kappa shape index (κ1) is 12.8. The minimum atomic E-state index is -1.15. The number of ether oxygens (including phenoxy) is 1. The van der Waals surface area contributed by atoms with Crippen LogP contribution in [-0.4, -0.2) is 29.3 Å². The molecule has 1 unspecified atom stereocenters. The van der Waals surface area contributed by atoms with Crippen LogP contribution in [0, 0.1) is 5.92 Å². The maximum atomic E-state index is 11.2. The summed E-state index contributed by atoms with van der Waals surface area (Å²) in [6, 6.07) is 0. The summed E-state index contributed by atoms with van der Waals surface area (Å²) in [6.07, 6.45) is 9.12. The monoisotopic (exact) mass is 241 g/mol. The molecule has 0 saturated heterocycles. The lowest BCUT2D eigenvalue weighted by molar-refractivity contribution is -0.148. The Balaban J connectivity index is 1.84. The number of carbonyl (C=O) groups is 1. The molecule has 0 bridgehead atoms. The number of carboxylic acid groups (broad SMARTS) is 1. The van der Waals surface area contributed by atoms with Crippen LogP contribution in [0.2, 0.25) is 0 Å². The molecule has 2 saturated carbocycles. The Labute approximate surface area is 103 Å². The standard InChI is InChI=1S/C13H23NO3/c14-13(12(15)16,10-7-8-10)9-17-11-5-3-1-2-4-6-11/h10-11H,1-9,14H2,(H,15,16). The second kappa shape index (κ2) is 5.36. The van der Waals surface area contributed by atoms with Crippen LogP contribution >= 0.6 is 0 Å². The molecule has 1 atom stereocenters. The van der Waals surface area contributed by atoms with Gasteiger partial charge in [0.25, 0.3) is 0 Å². The van der Waals surface area contributed by atoms with Crippen molar-refractivity contribution in [2.45, 2.75) is 63.0 Å². The molecule has 3 N–H and O–H groups in total. The van der Waals surface area contributed by atoms with Gasteiger partial charge >= 0.3 is 5.97 Å². The highest BCUT2D eigenvalue weighted by molar-refractivity contribution is 5.79. The van der Waals surface area contributed by atoms with Crippen LogP contribution in [0.5, 0.6) is 0 Å². The van der Waals surface area contributed by atoms with Crippen molar-refractivity contribution in [3.05, 3.63) is 0 Å². The van der Waals surface area contributed by atoms with E-state index in [9.17, 15) is 9.90 Å². The zero-order valence-electron chi connectivity index (χ0n) is 10.4. The Hall–Kier alpha value is -0.610. The molecule has 4 nitrogen and oxygen atoms in total. The summed E-state index contributed by atoms with van der Waals surface area (Å²) in [4.78, 5) is 11.2. The number of nitrogens with two attached hydrogens (primary N) is 1. The van der Waals surface area contributed by atoms with Crippen molar-refractivity contribution in [1.29, 1.82) is 0 Å². The van der Waals surface area contributed by atoms with E-state index in [0.717, 1.165) is 25.7 Å². The van der Waals surface area contributed by atoms with Crippen molar-refractivity contribution in [3.63, 3.8) is 0 Å². The largest absolute Gasteiger partial charge is 0.480 e. The van der Waals surface area contributed by atoms with Gasteiger partial charge in [-0.15, -0.1) is 0 Å². The van der Waals surface area contributed by atoms with Gasteiger partial charge in [0.1, 0.15) is 5.54 Å². The smallest absolute Gasteiger partial charge is 0.326 e. The van der Waals surface area contributed by atoms with Gasteiger partial charge in [-0.3, -0.25) is 4.79 Å². The SMILES string of the molecule is NC(COC1CCCCCC1)(C(=O)O)C1CC1. The molecule has 0 aromatic carbocycles. The second-order valence-electron chi connectivity index (χ2n) is 5.54. The molecule has 2 fully saturated rings. The molecule has 2 aliphatic carbocycles. The molecule has 2 aliphatic rings. The van der Waals surface area contributed by atoms with Crippen LogP contribution in [0.4, 0.5) is 0 Å². The van der Waals surface area contributed by atoms with Crippen molar-refractivity contribution < 1.29 is 14.6 Å². The zero-order valence-corrected chi connectivity index (χ0v) is 10.4. The molecule has 4 heteroatoms. The summed E-state index contributed by atoms with van der Waals surface area (Å²) in [5, 5.41) is 9.22. The highest BCUT2D eigenvalue weighted by atomic mass is 16.5. The molecule has 0 heterocycles. The third-order valence-corrected chi connectivity index (χ3v) is 4.06. The number of carboxylic acids is 1. The molecule has 0 amide bonds. The van der Waals surface area contributed by atoms with E-state index < -0.39 is 11.5 Å². The van der Waals surface area contributed by atoms with Gasteiger partial charge < -0.3 is 15.6 Å². The highest BCUT2D eigenvalue weighted by Gasteiger charge is 2.48. The lowest BCUT2D eigenvalue weighted by Crippen LogP contribution is -2.54. The van der Waals surface area contributed by atoms with Crippen molar-refractivity contribution in [2.24, 2.45) is 11.7 Å². The molecule has 98 valence electrons. The van der Waals surface area contributed by atoms with E-state index in [-0.39, 0.29) is 18.6 Å². The van der Waals surface area contributed by atoms with Crippen molar-refractivity contribution >= 4 is 5.97 Å². The fourth-order valence-electron chi connectivity index (χ4n) is 2.62. The Morgan fingerprint density at radius 2 is 1.76 bits per heavy atom. The van der Waals surface area contributed by atoms with Crippen LogP contribution < -0.4 is 5.73 Å². The first-order valence-corrected chi connectivity index (χ1v) is 6.77. The van der Waals surface area contributed by atoms with E-state index >= 15 is 0 Å². The highest BCUT2D eigenvalue weighted by Crippen LogP contribution is 2.39. The second-order valence-corrected chi connectivity index (χ2v) is 5.54. The maximum Gasteiger partial charge on any atom is 0.326 e. The predicted octanol–water partition coefficient (Wildman–Crippen LogP) is 1.92. The molecule has 0 spiro atoms. The Morgan fingerprint density at radius 1 is 1.18 bits per heavy atom. The lowest BCUT2D eigenvalue weighted by Gasteiger charge is -2.27. The van der Waals surface area contributed by atoms with Crippen molar-refractivity contribution in [1.82, 2.24) is 0 Å². The zero-order chi connectivity index (χ0) is 12.3. The van der Waals surface area contributed by atoms with E-state index in [1.807, 2.05) is 0 Å². The summed E-state index contributed by atoms with van der Waals surface area (Å²) in [5.74, 6) is -0.792. The quantitative estimate of drug-likeness (QED) is 0.721. The van der Waals surface area contributed by atoms with Crippen LogP contribution in [0.3, 0.4) is 0 Å². The van der Waals surface area contributed by atoms with Gasteiger partial charge in [0.05, 0.1) is 12.7 Å². The number of hydrogen-bond acceptors (Lipinski definition) is 3. The van der Waals surface area contributed by atoms with Crippen LogP contribution in [0.1, 0.15) is 51.4 Å². The molecular weight excluding hydrogens is 218 g/mol. The van der Waals surface area contributed by atoms with Gasteiger partial charge in [-0.05, 0) is 31.6 Å². The minimum absolute atomic E-state index is 0.116. The normalized spacial score (nSPS) is 26.2. The molecule has 0 aliphatic heterocycles. The van der Waals surface area contributed by atoms with Gasteiger partial charge in [-0.1, -0.05) is 25.7 Å². The Morgan fingerprint density at radius 3 is 2.24 bits per heavy atom. The molecule has 0 aromatic heterocycles. The van der Waals surface area contributed by atoms with Gasteiger partial charge in [-0.2, -0.15) is 0 Å². The first-order valence-electron chi connectivity index (χ1n) is 6.77. The average molecular weight is 241 g/mol. The predicted molar refractivity (Wildman–Crippen MR) is 64.7 cm³/mol. The molecule has 0 aromatic rings. The summed E-state index contributed by atoms with van der Waals surface area (Å²) < 4.78 is 5.78. The van der Waals surface area contributed by atoms with E-state index in [4.69, 9.17) is 10.5 Å². The van der Waals surface area contributed by atoms with Gasteiger partial charge in [0.15, 0.2) is 0 Å². The summed E-state index contributed by atoms with van der Waals surface area (Å²) in [6.45, 7) is 0.178. The third-order valence-electron chi connectivity index (χ3n) is 4.06. The molecule has 2 rings (SSSR count). The lowest BCUT2D eigenvalue weighted by atomic mass is 9.96. The van der Waals surface area contributed by atoms with Crippen LogP contribution in [0.15, 0.2) is 0 Å². The Kier molecular flexibility index (Phi) is 4.05. The van der Waals surface area contributed by atoms with Crippen LogP contribution in [0.25, 0.3) is 0 Å². The number of rotatable bonds is 5. The summed E-state index contributed by atoms with van der Waals surface area (Å²) in [5.41, 5.74) is 4.83. The van der Waals surface area contributed by atoms with Gasteiger partial charge in [-0.25, -0.2) is 0 Å². The summed E-state index contributed by atoms with van der Waals surface area (Å²) >= 11 is 0. The molecule has 17 heavy (non-hydrogen) atoms. The van der Waals surface area contributed by atoms with E-state index in [1.54, 1.807) is 0 Å². The topological polar surface area (TPSA) is 72.5 Å². The average Bonchev–Trinajstić information content (AvgIpc) is 3.12. The fraction of sp³-hybridized carbons (Fsp3) is 0.923. The van der Waals surface area contributed by atoms with Crippen LogP contribution in [-0.2, 0) is 9.53 Å². The minimum Gasteiger partial charge on any atom is -0.480 e. The van der Waals surface area contributed by atoms with Crippen molar-refractivity contribution in [3.8, 4) is 0 Å². The van der Waals surface area contributed by atoms with Gasteiger partial charge in [0, 0.05) is 0 Å². The summed E-state index contributed by atoms with van der Waals surface area (Å²) in [7, 11) is 0. The first-order chi connectivity index (χ1) is 8.13. The molecular formula is C13H23NO3. The Bertz CT molecular complexity index is 270. The third kappa shape index (κ3) is 3.19. The maximum absolute atomic E-state index is 11.2. The van der Waals surface area contributed by atoms with E-state index in [0.29, 0.717) is 0 Å². The number of aliphatic carboxylic acids is 1. The van der Waals surface area contributed by atoms with E-state index in [1.165, 1.54) is 25.7 Å². The van der Waals surface area contributed by atoms with Gasteiger partial charge in [0.2, 0.25) is 0 Å². The number of hydrogen-bond donors (Lipinski definition) is 2.